The van der Waals surface area contributed by atoms with Gasteiger partial charge in [-0.1, -0.05) is 30.3 Å². The second-order valence-corrected chi connectivity index (χ2v) is 9.16. The molecule has 2 heterocycles. The van der Waals surface area contributed by atoms with Gasteiger partial charge in [-0.15, -0.1) is 0 Å². The Labute approximate surface area is 214 Å². The Bertz CT molecular complexity index is 1360. The first-order chi connectivity index (χ1) is 17.6. The minimum absolute atomic E-state index is 0.140. The molecule has 0 bridgehead atoms. The van der Waals surface area contributed by atoms with Crippen molar-refractivity contribution < 1.29 is 19.0 Å². The number of methoxy groups -OCH3 is 3. The molecule has 0 spiro atoms. The van der Waals surface area contributed by atoms with Crippen molar-refractivity contribution in [3.05, 3.63) is 94.4 Å². The third kappa shape index (κ3) is 4.72. The van der Waals surface area contributed by atoms with Gasteiger partial charge in [0.1, 0.15) is 17.2 Å². The van der Waals surface area contributed by atoms with E-state index in [1.807, 2.05) is 83.9 Å². The van der Waals surface area contributed by atoms with E-state index < -0.39 is 0 Å². The van der Waals surface area contributed by atoms with E-state index in [1.165, 1.54) is 0 Å². The number of hydrogen-bond donors (Lipinski definition) is 0. The fraction of sp³-hybridized carbons (Fsp3) is 0.179. The van der Waals surface area contributed by atoms with E-state index in [-0.39, 0.29) is 11.3 Å². The Hall–Kier alpha value is -4.04. The first-order valence-electron chi connectivity index (χ1n) is 11.4. The maximum Gasteiger partial charge on any atom is 0.311 e. The second-order valence-electron chi connectivity index (χ2n) is 8.17. The van der Waals surface area contributed by atoms with Gasteiger partial charge < -0.3 is 14.2 Å². The van der Waals surface area contributed by atoms with Crippen LogP contribution in [0.3, 0.4) is 0 Å². The molecule has 1 atom stereocenters. The van der Waals surface area contributed by atoms with E-state index in [0.717, 1.165) is 56.3 Å². The number of thioether (sulfide) groups is 1. The van der Waals surface area contributed by atoms with Crippen molar-refractivity contribution >= 4 is 34.6 Å². The number of ether oxygens (including phenoxy) is 3. The summed E-state index contributed by atoms with van der Waals surface area (Å²) in [4.78, 5) is 17.6. The summed E-state index contributed by atoms with van der Waals surface area (Å²) in [6, 6.07) is 23.3. The van der Waals surface area contributed by atoms with E-state index >= 15 is 0 Å². The Morgan fingerprint density at radius 2 is 1.56 bits per heavy atom. The molecule has 5 rings (SSSR count). The molecule has 3 aromatic rings. The van der Waals surface area contributed by atoms with Gasteiger partial charge in [0.05, 0.1) is 38.0 Å². The molecule has 36 heavy (non-hydrogen) atoms. The Morgan fingerprint density at radius 3 is 2.22 bits per heavy atom. The summed E-state index contributed by atoms with van der Waals surface area (Å²) >= 11 is 1.10. The minimum atomic E-state index is -0.271. The van der Waals surface area contributed by atoms with Crippen LogP contribution in [-0.2, 0) is 0 Å². The Kier molecular flexibility index (Phi) is 6.77. The number of aliphatic imine (C=N–C) groups is 1. The van der Waals surface area contributed by atoms with Crippen LogP contribution < -0.4 is 14.2 Å². The molecule has 0 fully saturated rings. The summed E-state index contributed by atoms with van der Waals surface area (Å²) in [5.41, 5.74) is 3.81. The largest absolute Gasteiger partial charge is 0.497 e. The van der Waals surface area contributed by atoms with Gasteiger partial charge in [-0.2, -0.15) is 10.1 Å². The lowest BCUT2D eigenvalue weighted by Crippen LogP contribution is -2.26. The van der Waals surface area contributed by atoms with Gasteiger partial charge in [0, 0.05) is 12.0 Å². The van der Waals surface area contributed by atoms with E-state index in [0.29, 0.717) is 12.3 Å². The van der Waals surface area contributed by atoms with E-state index in [4.69, 9.17) is 19.3 Å². The highest BCUT2D eigenvalue weighted by Gasteiger charge is 2.37. The maximum atomic E-state index is 12.5. The molecule has 0 saturated carbocycles. The normalized spacial score (nSPS) is 18.3. The summed E-state index contributed by atoms with van der Waals surface area (Å²) < 4.78 is 16.2. The molecule has 0 aliphatic carbocycles. The number of hydrogen-bond acceptors (Lipinski definition) is 7. The fourth-order valence-electron chi connectivity index (χ4n) is 4.24. The molecular formula is C28H25N3O4S. The van der Waals surface area contributed by atoms with Crippen molar-refractivity contribution in [2.75, 3.05) is 21.3 Å². The molecule has 2 aliphatic rings. The third-order valence-corrected chi connectivity index (χ3v) is 6.88. The predicted octanol–water partition coefficient (Wildman–Crippen LogP) is 6.17. The number of hydrazone groups is 1. The standard InChI is InChI=1S/C28H25N3O4S/c1-33-21-12-8-18(9-13-21)23-17-24(19-10-14-22(34-2)15-11-19)31(30-23)27-26(36-28(32)29-27)16-20-6-4-5-7-25(20)35-3/h4-16,24H,17H2,1-3H3/b26-16-. The van der Waals surface area contributed by atoms with Crippen LogP contribution >= 0.6 is 11.8 Å². The van der Waals surface area contributed by atoms with Crippen LogP contribution in [0.1, 0.15) is 29.2 Å². The van der Waals surface area contributed by atoms with Crippen LogP contribution in [0.5, 0.6) is 17.2 Å². The fourth-order valence-corrected chi connectivity index (χ4v) is 4.97. The zero-order chi connectivity index (χ0) is 25.1. The molecule has 8 heteroatoms. The molecular weight excluding hydrogens is 474 g/mol. The lowest BCUT2D eigenvalue weighted by atomic mass is 9.98. The Morgan fingerprint density at radius 1 is 0.889 bits per heavy atom. The number of benzene rings is 3. The Balaban J connectivity index is 1.56. The minimum Gasteiger partial charge on any atom is -0.497 e. The molecule has 0 saturated heterocycles. The van der Waals surface area contributed by atoms with Gasteiger partial charge in [0.2, 0.25) is 0 Å². The van der Waals surface area contributed by atoms with Crippen LogP contribution in [0.25, 0.3) is 6.08 Å². The first-order valence-corrected chi connectivity index (χ1v) is 12.2. The smallest absolute Gasteiger partial charge is 0.311 e. The quantitative estimate of drug-likeness (QED) is 0.404. The van der Waals surface area contributed by atoms with Gasteiger partial charge in [-0.3, -0.25) is 4.79 Å². The van der Waals surface area contributed by atoms with Gasteiger partial charge >= 0.3 is 5.24 Å². The van der Waals surface area contributed by atoms with Crippen molar-refractivity contribution in [3.63, 3.8) is 0 Å². The molecule has 7 nitrogen and oxygen atoms in total. The molecule has 0 radical (unpaired) electrons. The molecule has 3 aromatic carbocycles. The van der Waals surface area contributed by atoms with Crippen molar-refractivity contribution in [2.45, 2.75) is 12.5 Å². The first kappa shape index (κ1) is 23.7. The molecule has 1 unspecified atom stereocenters. The number of para-hydroxylation sites is 1. The lowest BCUT2D eigenvalue weighted by Gasteiger charge is -2.24. The number of carbonyl (C=O) groups is 1. The van der Waals surface area contributed by atoms with Crippen molar-refractivity contribution in [2.24, 2.45) is 10.1 Å². The lowest BCUT2D eigenvalue weighted by molar-refractivity contribution is 0.267. The number of rotatable bonds is 6. The summed E-state index contributed by atoms with van der Waals surface area (Å²) in [5.74, 6) is 2.81. The van der Waals surface area contributed by atoms with Crippen molar-refractivity contribution in [1.29, 1.82) is 0 Å². The second kappa shape index (κ2) is 10.3. The van der Waals surface area contributed by atoms with Gasteiger partial charge in [0.15, 0.2) is 5.84 Å². The van der Waals surface area contributed by atoms with Gasteiger partial charge in [-0.25, -0.2) is 5.01 Å². The topological polar surface area (TPSA) is 72.7 Å². The molecule has 1 amide bonds. The zero-order valence-electron chi connectivity index (χ0n) is 20.2. The zero-order valence-corrected chi connectivity index (χ0v) is 21.0. The number of amides is 1. The van der Waals surface area contributed by atoms with E-state index in [9.17, 15) is 4.79 Å². The molecule has 2 aliphatic heterocycles. The number of nitrogens with zero attached hydrogens (tertiary/aromatic N) is 3. The van der Waals surface area contributed by atoms with Gasteiger partial charge in [0.25, 0.3) is 0 Å². The number of amidine groups is 1. The highest BCUT2D eigenvalue weighted by Crippen LogP contribution is 2.40. The summed E-state index contributed by atoms with van der Waals surface area (Å²) in [6.45, 7) is 0. The average molecular weight is 500 g/mol. The summed E-state index contributed by atoms with van der Waals surface area (Å²) in [7, 11) is 4.92. The average Bonchev–Trinajstić information content (AvgIpc) is 3.52. The van der Waals surface area contributed by atoms with Crippen LogP contribution in [-0.4, -0.2) is 43.1 Å². The van der Waals surface area contributed by atoms with Gasteiger partial charge in [-0.05, 0) is 71.4 Å². The highest BCUT2D eigenvalue weighted by atomic mass is 32.2. The summed E-state index contributed by atoms with van der Waals surface area (Å²) in [5, 5.41) is 6.57. The van der Waals surface area contributed by atoms with E-state index in [2.05, 4.69) is 4.99 Å². The monoisotopic (exact) mass is 499 g/mol. The number of carbonyl (C=O) groups excluding carboxylic acids is 1. The van der Waals surface area contributed by atoms with E-state index in [1.54, 1.807) is 21.3 Å². The molecule has 0 N–H and O–H groups in total. The summed E-state index contributed by atoms with van der Waals surface area (Å²) in [6.07, 6.45) is 2.58. The maximum absolute atomic E-state index is 12.5. The third-order valence-electron chi connectivity index (χ3n) is 6.09. The van der Waals surface area contributed by atoms with Crippen LogP contribution in [0.2, 0.25) is 0 Å². The van der Waals surface area contributed by atoms with Crippen LogP contribution in [0.15, 0.2) is 87.8 Å². The van der Waals surface area contributed by atoms with Crippen molar-refractivity contribution in [1.82, 2.24) is 5.01 Å². The highest BCUT2D eigenvalue weighted by molar-refractivity contribution is 8.18. The van der Waals surface area contributed by atoms with Crippen LogP contribution in [0, 0.1) is 0 Å². The predicted molar refractivity (Wildman–Crippen MR) is 143 cm³/mol. The van der Waals surface area contributed by atoms with Crippen molar-refractivity contribution in [3.8, 4) is 17.2 Å². The molecule has 182 valence electrons. The SMILES string of the molecule is COc1ccc(C2=NN(C3=NC(=O)S/C3=C\c3ccccc3OC)C(c3ccc(OC)cc3)C2)cc1. The molecule has 0 aromatic heterocycles. The van der Waals surface area contributed by atoms with Crippen LogP contribution in [0.4, 0.5) is 4.79 Å².